The Labute approximate surface area is 140 Å². The second kappa shape index (κ2) is 5.91. The average Bonchev–Trinajstić information content (AvgIpc) is 3.35. The van der Waals surface area contributed by atoms with Gasteiger partial charge in [0.1, 0.15) is 0 Å². The summed E-state index contributed by atoms with van der Waals surface area (Å²) >= 11 is 0. The maximum Gasteiger partial charge on any atom is 0.256 e. The Morgan fingerprint density at radius 3 is 2.42 bits per heavy atom. The molecule has 2 fully saturated rings. The van der Waals surface area contributed by atoms with Crippen molar-refractivity contribution in [3.63, 3.8) is 0 Å². The third-order valence-electron chi connectivity index (χ3n) is 4.77. The number of fused-ring (bicyclic) bond motifs is 1. The molecule has 2 aliphatic rings. The van der Waals surface area contributed by atoms with Crippen molar-refractivity contribution in [2.75, 3.05) is 18.4 Å². The monoisotopic (exact) mass is 324 g/mol. The van der Waals surface area contributed by atoms with Gasteiger partial charge in [0.05, 0.1) is 17.4 Å². The van der Waals surface area contributed by atoms with E-state index in [4.69, 9.17) is 0 Å². The number of hydrogen-bond acceptors (Lipinski definition) is 3. The van der Waals surface area contributed by atoms with Gasteiger partial charge in [-0.3, -0.25) is 9.59 Å². The van der Waals surface area contributed by atoms with Crippen LogP contribution >= 0.6 is 0 Å². The van der Waals surface area contributed by atoms with Gasteiger partial charge < -0.3 is 15.3 Å². The molecule has 0 aromatic heterocycles. The van der Waals surface area contributed by atoms with Crippen LogP contribution in [0.3, 0.4) is 0 Å². The fourth-order valence-corrected chi connectivity index (χ4v) is 3.20. The molecule has 24 heavy (non-hydrogen) atoms. The maximum absolute atomic E-state index is 12.9. The Morgan fingerprint density at radius 2 is 1.79 bits per heavy atom. The highest BCUT2D eigenvalue weighted by Crippen LogP contribution is 2.32. The van der Waals surface area contributed by atoms with E-state index in [1.807, 2.05) is 36.4 Å². The summed E-state index contributed by atoms with van der Waals surface area (Å²) in [4.78, 5) is 26.7. The smallest absolute Gasteiger partial charge is 0.256 e. The molecule has 1 saturated carbocycles. The highest BCUT2D eigenvalue weighted by atomic mass is 16.3. The molecule has 5 heteroatoms. The molecule has 2 aromatic rings. The van der Waals surface area contributed by atoms with Crippen LogP contribution in [0.4, 0.5) is 5.69 Å². The Bertz CT molecular complexity index is 813. The van der Waals surface area contributed by atoms with Gasteiger partial charge in [-0.1, -0.05) is 24.3 Å². The SMILES string of the molecule is O=C(Nc1cc2ccccc2cc1C(=O)N1CC[C@@H](O)C1)C1CC1. The molecule has 1 saturated heterocycles. The molecule has 124 valence electrons. The van der Waals surface area contributed by atoms with E-state index >= 15 is 0 Å². The minimum atomic E-state index is -0.459. The summed E-state index contributed by atoms with van der Waals surface area (Å²) in [5, 5.41) is 14.6. The fourth-order valence-electron chi connectivity index (χ4n) is 3.20. The van der Waals surface area contributed by atoms with Crippen LogP contribution in [0.5, 0.6) is 0 Å². The number of β-amino-alcohol motifs (C(OH)–C–C–N with tert-alkyl or cyclic N) is 1. The topological polar surface area (TPSA) is 69.6 Å². The molecule has 5 nitrogen and oxygen atoms in total. The van der Waals surface area contributed by atoms with Crippen molar-refractivity contribution in [2.24, 2.45) is 5.92 Å². The first kappa shape index (κ1) is 15.1. The highest BCUT2D eigenvalue weighted by molar-refractivity contribution is 6.08. The first-order valence-electron chi connectivity index (χ1n) is 8.43. The van der Waals surface area contributed by atoms with Crippen molar-refractivity contribution in [3.8, 4) is 0 Å². The summed E-state index contributed by atoms with van der Waals surface area (Å²) in [5.74, 6) is -0.0720. The molecule has 2 aromatic carbocycles. The lowest BCUT2D eigenvalue weighted by atomic mass is 10.0. The van der Waals surface area contributed by atoms with Gasteiger partial charge >= 0.3 is 0 Å². The molecule has 2 amide bonds. The number of aliphatic hydroxyl groups is 1. The Balaban J connectivity index is 1.72. The summed E-state index contributed by atoms with van der Waals surface area (Å²) in [5.41, 5.74) is 1.06. The third kappa shape index (κ3) is 2.87. The zero-order chi connectivity index (χ0) is 16.7. The van der Waals surface area contributed by atoms with E-state index < -0.39 is 6.10 Å². The van der Waals surface area contributed by atoms with Gasteiger partial charge in [-0.15, -0.1) is 0 Å². The van der Waals surface area contributed by atoms with Crippen LogP contribution in [-0.4, -0.2) is 41.0 Å². The van der Waals surface area contributed by atoms with Crippen LogP contribution in [0, 0.1) is 5.92 Å². The predicted molar refractivity (Wildman–Crippen MR) is 91.8 cm³/mol. The Kier molecular flexibility index (Phi) is 3.73. The Hall–Kier alpha value is -2.40. The van der Waals surface area contributed by atoms with Crippen LogP contribution in [0.1, 0.15) is 29.6 Å². The van der Waals surface area contributed by atoms with Crippen molar-refractivity contribution in [1.29, 1.82) is 0 Å². The molecular weight excluding hydrogens is 304 g/mol. The van der Waals surface area contributed by atoms with Crippen LogP contribution in [-0.2, 0) is 4.79 Å². The molecule has 0 unspecified atom stereocenters. The summed E-state index contributed by atoms with van der Waals surface area (Å²) in [6.07, 6.45) is 1.98. The molecule has 1 atom stereocenters. The van der Waals surface area contributed by atoms with E-state index in [-0.39, 0.29) is 17.7 Å². The van der Waals surface area contributed by atoms with E-state index in [1.54, 1.807) is 4.90 Å². The van der Waals surface area contributed by atoms with E-state index in [0.717, 1.165) is 23.6 Å². The standard InChI is InChI=1S/C19H20N2O3/c22-15-7-8-21(11-15)19(24)16-9-13-3-1-2-4-14(13)10-17(16)20-18(23)12-5-6-12/h1-4,9-10,12,15,22H,5-8,11H2,(H,20,23)/t15-/m1/s1. The second-order valence-corrected chi connectivity index (χ2v) is 6.70. The summed E-state index contributed by atoms with van der Waals surface area (Å²) in [6.45, 7) is 0.893. The number of benzene rings is 2. The first-order chi connectivity index (χ1) is 11.6. The van der Waals surface area contributed by atoms with Crippen molar-refractivity contribution in [3.05, 3.63) is 42.0 Å². The molecular formula is C19H20N2O3. The number of nitrogens with one attached hydrogen (secondary N) is 1. The number of hydrogen-bond donors (Lipinski definition) is 2. The van der Waals surface area contributed by atoms with Gasteiger partial charge in [0.25, 0.3) is 5.91 Å². The largest absolute Gasteiger partial charge is 0.391 e. The second-order valence-electron chi connectivity index (χ2n) is 6.70. The molecule has 0 radical (unpaired) electrons. The quantitative estimate of drug-likeness (QED) is 0.911. The number of nitrogens with zero attached hydrogens (tertiary/aromatic N) is 1. The summed E-state index contributed by atoms with van der Waals surface area (Å²) < 4.78 is 0. The van der Waals surface area contributed by atoms with Crippen LogP contribution < -0.4 is 5.32 Å². The average molecular weight is 324 g/mol. The lowest BCUT2D eigenvalue weighted by Crippen LogP contribution is -2.30. The molecule has 0 spiro atoms. The number of aliphatic hydroxyl groups excluding tert-OH is 1. The number of anilines is 1. The van der Waals surface area contributed by atoms with Crippen LogP contribution in [0.2, 0.25) is 0 Å². The van der Waals surface area contributed by atoms with Gasteiger partial charge in [0, 0.05) is 19.0 Å². The van der Waals surface area contributed by atoms with Crippen molar-refractivity contribution < 1.29 is 14.7 Å². The van der Waals surface area contributed by atoms with Crippen molar-refractivity contribution in [2.45, 2.75) is 25.4 Å². The van der Waals surface area contributed by atoms with Gasteiger partial charge in [0.15, 0.2) is 0 Å². The van der Waals surface area contributed by atoms with E-state index in [9.17, 15) is 14.7 Å². The predicted octanol–water partition coefficient (Wildman–Crippen LogP) is 2.40. The zero-order valence-corrected chi connectivity index (χ0v) is 13.4. The summed E-state index contributed by atoms with van der Waals surface area (Å²) in [6, 6.07) is 11.5. The number of carbonyl (C=O) groups excluding carboxylic acids is 2. The number of rotatable bonds is 3. The van der Waals surface area contributed by atoms with Gasteiger partial charge in [-0.2, -0.15) is 0 Å². The lowest BCUT2D eigenvalue weighted by Gasteiger charge is -2.19. The van der Waals surface area contributed by atoms with E-state index in [2.05, 4.69) is 5.32 Å². The van der Waals surface area contributed by atoms with E-state index in [1.165, 1.54) is 0 Å². The molecule has 1 heterocycles. The lowest BCUT2D eigenvalue weighted by molar-refractivity contribution is -0.117. The summed E-state index contributed by atoms with van der Waals surface area (Å²) in [7, 11) is 0. The van der Waals surface area contributed by atoms with Gasteiger partial charge in [-0.05, 0) is 42.2 Å². The molecule has 2 N–H and O–H groups in total. The minimum Gasteiger partial charge on any atom is -0.391 e. The van der Waals surface area contributed by atoms with Crippen LogP contribution in [0.25, 0.3) is 10.8 Å². The maximum atomic E-state index is 12.9. The number of amides is 2. The van der Waals surface area contributed by atoms with Gasteiger partial charge in [-0.25, -0.2) is 0 Å². The van der Waals surface area contributed by atoms with Crippen LogP contribution in [0.15, 0.2) is 36.4 Å². The highest BCUT2D eigenvalue weighted by Gasteiger charge is 2.31. The fraction of sp³-hybridized carbons (Fsp3) is 0.368. The molecule has 1 aliphatic carbocycles. The zero-order valence-electron chi connectivity index (χ0n) is 13.4. The third-order valence-corrected chi connectivity index (χ3v) is 4.77. The molecule has 0 bridgehead atoms. The number of likely N-dealkylation sites (tertiary alicyclic amines) is 1. The molecule has 1 aliphatic heterocycles. The normalized spacial score (nSPS) is 20.4. The number of carbonyl (C=O) groups is 2. The van der Waals surface area contributed by atoms with Crippen molar-refractivity contribution >= 4 is 28.3 Å². The molecule has 4 rings (SSSR count). The van der Waals surface area contributed by atoms with E-state index in [0.29, 0.717) is 30.8 Å². The van der Waals surface area contributed by atoms with Gasteiger partial charge in [0.2, 0.25) is 5.91 Å². The Morgan fingerprint density at radius 1 is 1.08 bits per heavy atom. The minimum absolute atomic E-state index is 0.0132. The van der Waals surface area contributed by atoms with Crippen molar-refractivity contribution in [1.82, 2.24) is 4.90 Å². The first-order valence-corrected chi connectivity index (χ1v) is 8.43.